The zero-order chi connectivity index (χ0) is 16.1. The number of hydrogen-bond acceptors (Lipinski definition) is 3. The number of hydrogen-bond donors (Lipinski definition) is 0. The van der Waals surface area contributed by atoms with E-state index in [1.54, 1.807) is 6.92 Å². The second-order valence-electron chi connectivity index (χ2n) is 7.09. The van der Waals surface area contributed by atoms with Crippen molar-refractivity contribution in [2.45, 2.75) is 52.5 Å². The summed E-state index contributed by atoms with van der Waals surface area (Å²) in [6, 6.07) is 0.0556. The zero-order valence-electron chi connectivity index (χ0n) is 14.4. The molecule has 0 unspecified atom stereocenters. The lowest BCUT2D eigenvalue weighted by atomic mass is 9.99. The van der Waals surface area contributed by atoms with Gasteiger partial charge in [-0.3, -0.25) is 14.5 Å². The molecule has 22 heavy (non-hydrogen) atoms. The Hall–Kier alpha value is -1.10. The predicted molar refractivity (Wildman–Crippen MR) is 87.5 cm³/mol. The first-order chi connectivity index (χ1) is 10.5. The lowest BCUT2D eigenvalue weighted by Crippen LogP contribution is -2.52. The van der Waals surface area contributed by atoms with Crippen LogP contribution in [0.15, 0.2) is 0 Å². The Morgan fingerprint density at radius 2 is 1.64 bits per heavy atom. The fraction of sp³-hybridized carbons (Fsp3) is 0.882. The molecule has 0 radical (unpaired) electrons. The maximum atomic E-state index is 13.0. The standard InChI is InChI=1S/C17H31N3O2/c1-14(2)13-20-8-5-4-7-16(20)17(22)19-10-6-9-18(11-12-19)15(3)21/h14,16H,4-13H2,1-3H3/t16-/m1/s1. The highest BCUT2D eigenvalue weighted by atomic mass is 16.2. The molecule has 1 atom stereocenters. The van der Waals surface area contributed by atoms with Crippen molar-refractivity contribution in [1.29, 1.82) is 0 Å². The average molecular weight is 309 g/mol. The second-order valence-corrected chi connectivity index (χ2v) is 7.09. The highest BCUT2D eigenvalue weighted by Gasteiger charge is 2.32. The van der Waals surface area contributed by atoms with Crippen LogP contribution >= 0.6 is 0 Å². The van der Waals surface area contributed by atoms with Gasteiger partial charge < -0.3 is 9.80 Å². The Balaban J connectivity index is 1.97. The summed E-state index contributed by atoms with van der Waals surface area (Å²) in [5.41, 5.74) is 0. The van der Waals surface area contributed by atoms with E-state index in [2.05, 4.69) is 18.7 Å². The molecule has 0 aliphatic carbocycles. The Morgan fingerprint density at radius 3 is 2.32 bits per heavy atom. The molecule has 2 aliphatic rings. The molecule has 126 valence electrons. The number of carbonyl (C=O) groups excluding carboxylic acids is 2. The van der Waals surface area contributed by atoms with Gasteiger partial charge in [0.2, 0.25) is 11.8 Å². The van der Waals surface area contributed by atoms with E-state index in [0.29, 0.717) is 19.0 Å². The van der Waals surface area contributed by atoms with Crippen molar-refractivity contribution >= 4 is 11.8 Å². The summed E-state index contributed by atoms with van der Waals surface area (Å²) >= 11 is 0. The molecule has 0 aromatic rings. The second kappa shape index (κ2) is 7.95. The third-order valence-corrected chi connectivity index (χ3v) is 4.75. The summed E-state index contributed by atoms with van der Waals surface area (Å²) in [5.74, 6) is 0.991. The molecule has 2 aliphatic heterocycles. The minimum Gasteiger partial charge on any atom is -0.341 e. The molecular formula is C17H31N3O2. The number of carbonyl (C=O) groups is 2. The van der Waals surface area contributed by atoms with Crippen LogP contribution in [-0.4, -0.2) is 71.8 Å². The molecular weight excluding hydrogens is 278 g/mol. The van der Waals surface area contributed by atoms with Gasteiger partial charge >= 0.3 is 0 Å². The van der Waals surface area contributed by atoms with Gasteiger partial charge in [-0.2, -0.15) is 0 Å². The normalized spacial score (nSPS) is 24.5. The van der Waals surface area contributed by atoms with Crippen LogP contribution in [-0.2, 0) is 9.59 Å². The fourth-order valence-corrected chi connectivity index (χ4v) is 3.62. The summed E-state index contributed by atoms with van der Waals surface area (Å²) in [7, 11) is 0. The van der Waals surface area contributed by atoms with E-state index < -0.39 is 0 Å². The van der Waals surface area contributed by atoms with Crippen LogP contribution in [0.2, 0.25) is 0 Å². The van der Waals surface area contributed by atoms with Crippen LogP contribution in [0.4, 0.5) is 0 Å². The topological polar surface area (TPSA) is 43.9 Å². The van der Waals surface area contributed by atoms with Crippen LogP contribution in [0.25, 0.3) is 0 Å². The highest BCUT2D eigenvalue weighted by Crippen LogP contribution is 2.21. The first kappa shape index (κ1) is 17.3. The SMILES string of the molecule is CC(=O)N1CCCN(C(=O)[C@H]2CCCCN2CC(C)C)CC1. The summed E-state index contributed by atoms with van der Waals surface area (Å²) in [6.45, 7) is 11.0. The van der Waals surface area contributed by atoms with Gasteiger partial charge in [-0.25, -0.2) is 0 Å². The number of nitrogens with zero attached hydrogens (tertiary/aromatic N) is 3. The van der Waals surface area contributed by atoms with Crippen molar-refractivity contribution in [1.82, 2.24) is 14.7 Å². The molecule has 2 saturated heterocycles. The van der Waals surface area contributed by atoms with Gasteiger partial charge in [-0.15, -0.1) is 0 Å². The molecule has 0 aromatic heterocycles. The van der Waals surface area contributed by atoms with Crippen molar-refractivity contribution in [2.24, 2.45) is 5.92 Å². The van der Waals surface area contributed by atoms with Gasteiger partial charge in [-0.05, 0) is 31.7 Å². The summed E-state index contributed by atoms with van der Waals surface area (Å²) < 4.78 is 0. The molecule has 2 amide bonds. The monoisotopic (exact) mass is 309 g/mol. The number of amides is 2. The summed E-state index contributed by atoms with van der Waals surface area (Å²) in [4.78, 5) is 30.7. The van der Waals surface area contributed by atoms with Gasteiger partial charge in [0.1, 0.15) is 0 Å². The quantitative estimate of drug-likeness (QED) is 0.795. The maximum Gasteiger partial charge on any atom is 0.239 e. The van der Waals surface area contributed by atoms with Crippen LogP contribution in [0.1, 0.15) is 46.5 Å². The van der Waals surface area contributed by atoms with E-state index in [4.69, 9.17) is 0 Å². The van der Waals surface area contributed by atoms with Gasteiger partial charge in [-0.1, -0.05) is 20.3 Å². The molecule has 0 bridgehead atoms. The molecule has 5 heteroatoms. The Morgan fingerprint density at radius 1 is 0.955 bits per heavy atom. The number of rotatable bonds is 3. The van der Waals surface area contributed by atoms with Gasteiger partial charge in [0.05, 0.1) is 6.04 Å². The van der Waals surface area contributed by atoms with E-state index in [1.165, 1.54) is 6.42 Å². The van der Waals surface area contributed by atoms with E-state index in [0.717, 1.165) is 45.4 Å². The third-order valence-electron chi connectivity index (χ3n) is 4.75. The lowest BCUT2D eigenvalue weighted by molar-refractivity contribution is -0.139. The van der Waals surface area contributed by atoms with Crippen molar-refractivity contribution in [2.75, 3.05) is 39.3 Å². The van der Waals surface area contributed by atoms with E-state index in [9.17, 15) is 9.59 Å². The van der Waals surface area contributed by atoms with Crippen LogP contribution < -0.4 is 0 Å². The smallest absolute Gasteiger partial charge is 0.239 e. The average Bonchev–Trinajstić information content (AvgIpc) is 2.72. The van der Waals surface area contributed by atoms with E-state index in [-0.39, 0.29) is 17.9 Å². The van der Waals surface area contributed by atoms with Crippen molar-refractivity contribution in [3.63, 3.8) is 0 Å². The third kappa shape index (κ3) is 4.45. The first-order valence-corrected chi connectivity index (χ1v) is 8.77. The van der Waals surface area contributed by atoms with Crippen LogP contribution in [0.3, 0.4) is 0 Å². The maximum absolute atomic E-state index is 13.0. The molecule has 2 heterocycles. The van der Waals surface area contributed by atoms with Crippen molar-refractivity contribution in [3.05, 3.63) is 0 Å². The van der Waals surface area contributed by atoms with Crippen LogP contribution in [0, 0.1) is 5.92 Å². The fourth-order valence-electron chi connectivity index (χ4n) is 3.62. The Bertz CT molecular complexity index is 397. The first-order valence-electron chi connectivity index (χ1n) is 8.77. The lowest BCUT2D eigenvalue weighted by Gasteiger charge is -2.38. The van der Waals surface area contributed by atoms with Crippen molar-refractivity contribution < 1.29 is 9.59 Å². The van der Waals surface area contributed by atoms with Gasteiger partial charge in [0.25, 0.3) is 0 Å². The molecule has 0 aromatic carbocycles. The number of piperidine rings is 1. The zero-order valence-corrected chi connectivity index (χ0v) is 14.4. The molecule has 2 fully saturated rings. The molecule has 0 spiro atoms. The van der Waals surface area contributed by atoms with Gasteiger partial charge in [0.15, 0.2) is 0 Å². The molecule has 2 rings (SSSR count). The number of likely N-dealkylation sites (tertiary alicyclic amines) is 1. The van der Waals surface area contributed by atoms with Crippen molar-refractivity contribution in [3.8, 4) is 0 Å². The van der Waals surface area contributed by atoms with E-state index >= 15 is 0 Å². The van der Waals surface area contributed by atoms with Crippen LogP contribution in [0.5, 0.6) is 0 Å². The molecule has 0 N–H and O–H groups in total. The summed E-state index contributed by atoms with van der Waals surface area (Å²) in [6.07, 6.45) is 4.23. The Kier molecular flexibility index (Phi) is 6.24. The minimum atomic E-state index is 0.0556. The summed E-state index contributed by atoms with van der Waals surface area (Å²) in [5, 5.41) is 0. The minimum absolute atomic E-state index is 0.0556. The molecule has 0 saturated carbocycles. The van der Waals surface area contributed by atoms with E-state index in [1.807, 2.05) is 9.80 Å². The largest absolute Gasteiger partial charge is 0.341 e. The molecule has 5 nitrogen and oxygen atoms in total. The van der Waals surface area contributed by atoms with Gasteiger partial charge in [0, 0.05) is 39.6 Å². The highest BCUT2D eigenvalue weighted by molar-refractivity contribution is 5.82. The predicted octanol–water partition coefficient (Wildman–Crippen LogP) is 1.58. The Labute approximate surface area is 134 Å².